The van der Waals surface area contributed by atoms with Gasteiger partial charge in [-0.15, -0.1) is 0 Å². The second kappa shape index (κ2) is 5.36. The zero-order chi connectivity index (χ0) is 13.3. The first kappa shape index (κ1) is 14.1. The van der Waals surface area contributed by atoms with Crippen molar-refractivity contribution in [3.8, 4) is 0 Å². The highest BCUT2D eigenvalue weighted by Crippen LogP contribution is 2.48. The Hall–Kier alpha value is -0.310. The highest BCUT2D eigenvalue weighted by Gasteiger charge is 2.40. The van der Waals surface area contributed by atoms with E-state index in [2.05, 4.69) is 12.2 Å². The largest absolute Gasteiger partial charge is 0.310 e. The molecule has 1 fully saturated rings. The molecule has 1 unspecified atom stereocenters. The van der Waals surface area contributed by atoms with E-state index in [1.807, 2.05) is 6.92 Å². The fourth-order valence-corrected chi connectivity index (χ4v) is 2.73. The van der Waals surface area contributed by atoms with E-state index in [0.29, 0.717) is 10.4 Å². The molecule has 1 aromatic rings. The zero-order valence-electron chi connectivity index (χ0n) is 10.7. The number of hydrogen-bond acceptors (Lipinski definition) is 1. The molecule has 0 heterocycles. The zero-order valence-corrected chi connectivity index (χ0v) is 12.2. The van der Waals surface area contributed by atoms with Crippen molar-refractivity contribution >= 4 is 23.2 Å². The predicted octanol–water partition coefficient (Wildman–Crippen LogP) is 4.97. The van der Waals surface area contributed by atoms with Crippen molar-refractivity contribution in [3.63, 3.8) is 0 Å². The molecular formula is C14H18Cl2FN. The number of nitrogens with one attached hydrogen (secondary N) is 1. The Morgan fingerprint density at radius 3 is 2.56 bits per heavy atom. The third-order valence-corrected chi connectivity index (χ3v) is 4.61. The van der Waals surface area contributed by atoms with Crippen LogP contribution in [0.3, 0.4) is 0 Å². The van der Waals surface area contributed by atoms with E-state index in [0.717, 1.165) is 12.1 Å². The minimum atomic E-state index is -0.415. The molecule has 0 bridgehead atoms. The average molecular weight is 290 g/mol. The summed E-state index contributed by atoms with van der Waals surface area (Å²) in [5.74, 6) is -0.415. The van der Waals surface area contributed by atoms with E-state index in [-0.39, 0.29) is 11.1 Å². The Labute approximate surface area is 118 Å². The SMILES string of the molecule is CCC1(CNC(C)c2cc(F)c(Cl)cc2Cl)CC1. The van der Waals surface area contributed by atoms with Crippen LogP contribution >= 0.6 is 23.2 Å². The third-order valence-electron chi connectivity index (χ3n) is 4.00. The van der Waals surface area contributed by atoms with Crippen LogP contribution in [0.1, 0.15) is 44.7 Å². The van der Waals surface area contributed by atoms with Crippen molar-refractivity contribution in [1.82, 2.24) is 5.32 Å². The van der Waals surface area contributed by atoms with Crippen LogP contribution in [-0.2, 0) is 0 Å². The number of benzene rings is 1. The van der Waals surface area contributed by atoms with Gasteiger partial charge in [0.2, 0.25) is 0 Å². The van der Waals surface area contributed by atoms with Gasteiger partial charge >= 0.3 is 0 Å². The molecule has 0 radical (unpaired) electrons. The lowest BCUT2D eigenvalue weighted by Gasteiger charge is -2.20. The molecule has 1 nitrogen and oxygen atoms in total. The fraction of sp³-hybridized carbons (Fsp3) is 0.571. The summed E-state index contributed by atoms with van der Waals surface area (Å²) in [5.41, 5.74) is 1.23. The van der Waals surface area contributed by atoms with Crippen molar-refractivity contribution in [2.24, 2.45) is 5.41 Å². The summed E-state index contributed by atoms with van der Waals surface area (Å²) in [6.07, 6.45) is 3.76. The molecule has 0 spiro atoms. The highest BCUT2D eigenvalue weighted by atomic mass is 35.5. The molecule has 0 amide bonds. The second-order valence-corrected chi connectivity index (χ2v) is 6.06. The van der Waals surface area contributed by atoms with Crippen LogP contribution in [0.2, 0.25) is 10.0 Å². The van der Waals surface area contributed by atoms with E-state index < -0.39 is 5.82 Å². The van der Waals surface area contributed by atoms with Crippen LogP contribution in [0.4, 0.5) is 4.39 Å². The third kappa shape index (κ3) is 2.98. The lowest BCUT2D eigenvalue weighted by Crippen LogP contribution is -2.26. The molecule has 4 heteroatoms. The Bertz CT molecular complexity index is 444. The Balaban J connectivity index is 2.04. The molecule has 0 aromatic heterocycles. The molecule has 1 atom stereocenters. The van der Waals surface area contributed by atoms with Gasteiger partial charge in [0, 0.05) is 17.6 Å². The van der Waals surface area contributed by atoms with Crippen LogP contribution in [0.25, 0.3) is 0 Å². The number of halogens is 3. The standard InChI is InChI=1S/C14H18Cl2FN/c1-3-14(4-5-14)8-18-9(2)10-6-13(17)12(16)7-11(10)15/h6-7,9,18H,3-5,8H2,1-2H3. The Morgan fingerprint density at radius 2 is 2.00 bits per heavy atom. The normalized spacial score (nSPS) is 18.7. The first-order valence-corrected chi connectivity index (χ1v) is 7.11. The predicted molar refractivity (Wildman–Crippen MR) is 74.8 cm³/mol. The van der Waals surface area contributed by atoms with E-state index in [1.54, 1.807) is 0 Å². The molecule has 1 aliphatic rings. The van der Waals surface area contributed by atoms with Gasteiger partial charge in [0.1, 0.15) is 5.82 Å². The molecule has 18 heavy (non-hydrogen) atoms. The van der Waals surface area contributed by atoms with Gasteiger partial charge in [-0.05, 0) is 49.3 Å². The quantitative estimate of drug-likeness (QED) is 0.755. The van der Waals surface area contributed by atoms with Gasteiger partial charge in [0.25, 0.3) is 0 Å². The minimum absolute atomic E-state index is 0.0355. The Morgan fingerprint density at radius 1 is 1.33 bits per heavy atom. The summed E-state index contributed by atoms with van der Waals surface area (Å²) in [5, 5.41) is 4.03. The van der Waals surface area contributed by atoms with Gasteiger partial charge in [-0.2, -0.15) is 0 Å². The summed E-state index contributed by atoms with van der Waals surface area (Å²) in [6, 6.07) is 2.93. The lowest BCUT2D eigenvalue weighted by molar-refractivity contribution is 0.414. The molecule has 0 aliphatic heterocycles. The van der Waals surface area contributed by atoms with E-state index in [4.69, 9.17) is 23.2 Å². The van der Waals surface area contributed by atoms with Gasteiger partial charge in [0.15, 0.2) is 0 Å². The van der Waals surface area contributed by atoms with Crippen LogP contribution in [-0.4, -0.2) is 6.54 Å². The second-order valence-electron chi connectivity index (χ2n) is 5.24. The van der Waals surface area contributed by atoms with Crippen LogP contribution in [0, 0.1) is 11.2 Å². The topological polar surface area (TPSA) is 12.0 Å². The smallest absolute Gasteiger partial charge is 0.142 e. The summed E-state index contributed by atoms with van der Waals surface area (Å²) in [7, 11) is 0. The molecular weight excluding hydrogens is 272 g/mol. The minimum Gasteiger partial charge on any atom is -0.310 e. The maximum atomic E-state index is 13.5. The van der Waals surface area contributed by atoms with Crippen molar-refractivity contribution < 1.29 is 4.39 Å². The summed E-state index contributed by atoms with van der Waals surface area (Å²) in [6.45, 7) is 5.18. The van der Waals surface area contributed by atoms with Gasteiger partial charge in [0.05, 0.1) is 5.02 Å². The number of rotatable bonds is 5. The number of hydrogen-bond donors (Lipinski definition) is 1. The van der Waals surface area contributed by atoms with Crippen LogP contribution < -0.4 is 5.32 Å². The fourth-order valence-electron chi connectivity index (χ4n) is 2.18. The first-order chi connectivity index (χ1) is 8.47. The van der Waals surface area contributed by atoms with Gasteiger partial charge in [-0.25, -0.2) is 4.39 Å². The van der Waals surface area contributed by atoms with Gasteiger partial charge < -0.3 is 5.32 Å². The molecule has 1 aromatic carbocycles. The summed E-state index contributed by atoms with van der Waals surface area (Å²) in [4.78, 5) is 0. The molecule has 0 saturated heterocycles. The van der Waals surface area contributed by atoms with E-state index in [1.165, 1.54) is 31.4 Å². The van der Waals surface area contributed by atoms with Crippen molar-refractivity contribution in [2.75, 3.05) is 6.54 Å². The van der Waals surface area contributed by atoms with Gasteiger partial charge in [-0.3, -0.25) is 0 Å². The van der Waals surface area contributed by atoms with E-state index in [9.17, 15) is 4.39 Å². The van der Waals surface area contributed by atoms with Crippen molar-refractivity contribution in [3.05, 3.63) is 33.6 Å². The molecule has 2 rings (SSSR count). The Kier molecular flexibility index (Phi) is 4.20. The van der Waals surface area contributed by atoms with Crippen LogP contribution in [0.15, 0.2) is 12.1 Å². The molecule has 1 aliphatic carbocycles. The highest BCUT2D eigenvalue weighted by molar-refractivity contribution is 6.35. The summed E-state index contributed by atoms with van der Waals surface area (Å²) < 4.78 is 13.5. The first-order valence-electron chi connectivity index (χ1n) is 6.35. The summed E-state index contributed by atoms with van der Waals surface area (Å²) >= 11 is 11.8. The van der Waals surface area contributed by atoms with Crippen molar-refractivity contribution in [1.29, 1.82) is 0 Å². The van der Waals surface area contributed by atoms with Crippen LogP contribution in [0.5, 0.6) is 0 Å². The van der Waals surface area contributed by atoms with Crippen molar-refractivity contribution in [2.45, 2.75) is 39.2 Å². The molecule has 1 saturated carbocycles. The lowest BCUT2D eigenvalue weighted by atomic mass is 10.0. The average Bonchev–Trinajstić information content (AvgIpc) is 3.11. The maximum absolute atomic E-state index is 13.5. The van der Waals surface area contributed by atoms with E-state index >= 15 is 0 Å². The maximum Gasteiger partial charge on any atom is 0.142 e. The monoisotopic (exact) mass is 289 g/mol. The van der Waals surface area contributed by atoms with Gasteiger partial charge in [-0.1, -0.05) is 30.1 Å². The molecule has 1 N–H and O–H groups in total. The molecule has 100 valence electrons.